The predicted octanol–water partition coefficient (Wildman–Crippen LogP) is 2.20. The van der Waals surface area contributed by atoms with Crippen molar-refractivity contribution >= 4 is 5.97 Å². The van der Waals surface area contributed by atoms with Gasteiger partial charge in [0.2, 0.25) is 0 Å². The van der Waals surface area contributed by atoms with E-state index in [4.69, 9.17) is 9.84 Å². The van der Waals surface area contributed by atoms with E-state index in [-0.39, 0.29) is 0 Å². The van der Waals surface area contributed by atoms with E-state index < -0.39 is 11.4 Å². The van der Waals surface area contributed by atoms with Gasteiger partial charge in [-0.1, -0.05) is 12.1 Å². The van der Waals surface area contributed by atoms with Crippen LogP contribution in [0.5, 0.6) is 5.75 Å². The summed E-state index contributed by atoms with van der Waals surface area (Å²) in [6, 6.07) is 5.95. The van der Waals surface area contributed by atoms with E-state index in [9.17, 15) is 4.79 Å². The Labute approximate surface area is 108 Å². The predicted molar refractivity (Wildman–Crippen MR) is 70.9 cm³/mol. The lowest BCUT2D eigenvalue weighted by Crippen LogP contribution is -2.35. The molecule has 0 radical (unpaired) electrons. The van der Waals surface area contributed by atoms with Gasteiger partial charge in [0.05, 0.1) is 12.5 Å². The molecule has 0 atom stereocenters. The van der Waals surface area contributed by atoms with Crippen LogP contribution in [0.25, 0.3) is 0 Å². The average molecular weight is 251 g/mol. The fraction of sp³-hybridized carbons (Fsp3) is 0.500. The van der Waals surface area contributed by atoms with Gasteiger partial charge in [-0.3, -0.25) is 4.79 Å². The molecule has 1 rings (SSSR count). The number of benzene rings is 1. The van der Waals surface area contributed by atoms with Gasteiger partial charge >= 0.3 is 5.97 Å². The number of hydrogen-bond donors (Lipinski definition) is 2. The summed E-state index contributed by atoms with van der Waals surface area (Å²) in [6.45, 7) is 6.50. The van der Waals surface area contributed by atoms with Gasteiger partial charge in [0.1, 0.15) is 5.75 Å². The van der Waals surface area contributed by atoms with E-state index in [0.29, 0.717) is 13.1 Å². The molecule has 0 heterocycles. The minimum atomic E-state index is -0.791. The van der Waals surface area contributed by atoms with Gasteiger partial charge in [0, 0.05) is 13.1 Å². The van der Waals surface area contributed by atoms with E-state index >= 15 is 0 Å². The largest absolute Gasteiger partial charge is 0.496 e. The molecule has 0 spiro atoms. The first kappa shape index (κ1) is 14.5. The number of aliphatic carboxylic acids is 1. The molecule has 0 aromatic heterocycles. The number of nitrogens with one attached hydrogen (secondary N) is 1. The summed E-state index contributed by atoms with van der Waals surface area (Å²) in [7, 11) is 1.65. The minimum absolute atomic E-state index is 0.438. The van der Waals surface area contributed by atoms with Crippen LogP contribution in [0.3, 0.4) is 0 Å². The molecule has 100 valence electrons. The average Bonchev–Trinajstić information content (AvgIpc) is 2.29. The maximum Gasteiger partial charge on any atom is 0.310 e. The zero-order chi connectivity index (χ0) is 13.8. The van der Waals surface area contributed by atoms with Gasteiger partial charge in [0.25, 0.3) is 0 Å². The Kier molecular flexibility index (Phi) is 4.73. The molecule has 1 aromatic carbocycles. The molecule has 0 saturated carbocycles. The topological polar surface area (TPSA) is 58.6 Å². The van der Waals surface area contributed by atoms with Gasteiger partial charge in [0.15, 0.2) is 0 Å². The second-order valence-corrected chi connectivity index (χ2v) is 5.10. The Balaban J connectivity index is 2.55. The number of ether oxygens (including phenoxy) is 1. The van der Waals surface area contributed by atoms with Crippen LogP contribution in [-0.2, 0) is 11.3 Å². The van der Waals surface area contributed by atoms with Crippen LogP contribution in [0.4, 0.5) is 0 Å². The molecule has 0 aliphatic carbocycles. The number of rotatable bonds is 6. The molecule has 18 heavy (non-hydrogen) atoms. The van der Waals surface area contributed by atoms with Crippen LogP contribution in [0.15, 0.2) is 18.2 Å². The van der Waals surface area contributed by atoms with E-state index in [1.807, 2.05) is 25.1 Å². The SMILES string of the molecule is COc1ccc(CNCC(C)(C)C(=O)O)cc1C. The van der Waals surface area contributed by atoms with Crippen molar-refractivity contribution in [2.75, 3.05) is 13.7 Å². The molecule has 1 aromatic rings. The van der Waals surface area contributed by atoms with E-state index in [1.54, 1.807) is 21.0 Å². The van der Waals surface area contributed by atoms with E-state index in [2.05, 4.69) is 5.32 Å². The number of carbonyl (C=O) groups is 1. The Bertz CT molecular complexity index is 427. The molecule has 0 saturated heterocycles. The molecule has 0 amide bonds. The highest BCUT2D eigenvalue weighted by Crippen LogP contribution is 2.19. The number of carboxylic acid groups (broad SMARTS) is 1. The van der Waals surface area contributed by atoms with Crippen LogP contribution >= 0.6 is 0 Å². The molecule has 0 aliphatic heterocycles. The summed E-state index contributed by atoms with van der Waals surface area (Å²) < 4.78 is 5.19. The van der Waals surface area contributed by atoms with Crippen LogP contribution in [0.1, 0.15) is 25.0 Å². The maximum atomic E-state index is 10.9. The van der Waals surface area contributed by atoms with Crippen molar-refractivity contribution in [3.05, 3.63) is 29.3 Å². The second kappa shape index (κ2) is 5.87. The van der Waals surface area contributed by atoms with E-state index in [1.165, 1.54) is 0 Å². The van der Waals surface area contributed by atoms with Crippen LogP contribution in [-0.4, -0.2) is 24.7 Å². The van der Waals surface area contributed by atoms with Crippen molar-refractivity contribution in [2.45, 2.75) is 27.3 Å². The van der Waals surface area contributed by atoms with Crippen molar-refractivity contribution in [2.24, 2.45) is 5.41 Å². The summed E-state index contributed by atoms with van der Waals surface area (Å²) in [5.41, 5.74) is 1.45. The third kappa shape index (κ3) is 3.74. The molecular weight excluding hydrogens is 230 g/mol. The molecule has 0 fully saturated rings. The van der Waals surface area contributed by atoms with Gasteiger partial charge in [-0.05, 0) is 38.0 Å². The lowest BCUT2D eigenvalue weighted by Gasteiger charge is -2.19. The van der Waals surface area contributed by atoms with Crippen LogP contribution in [0, 0.1) is 12.3 Å². The van der Waals surface area contributed by atoms with Crippen molar-refractivity contribution in [1.82, 2.24) is 5.32 Å². The molecule has 0 aliphatic rings. The normalized spacial score (nSPS) is 11.3. The van der Waals surface area contributed by atoms with Gasteiger partial charge in [-0.15, -0.1) is 0 Å². The molecule has 2 N–H and O–H groups in total. The molecule has 0 unspecified atom stereocenters. The van der Waals surface area contributed by atoms with Crippen LogP contribution < -0.4 is 10.1 Å². The first-order chi connectivity index (χ1) is 8.36. The van der Waals surface area contributed by atoms with Gasteiger partial charge in [-0.25, -0.2) is 0 Å². The monoisotopic (exact) mass is 251 g/mol. The number of hydrogen-bond acceptors (Lipinski definition) is 3. The Morgan fingerprint density at radius 3 is 2.61 bits per heavy atom. The van der Waals surface area contributed by atoms with Crippen molar-refractivity contribution in [3.8, 4) is 5.75 Å². The van der Waals surface area contributed by atoms with E-state index in [0.717, 1.165) is 16.9 Å². The molecule has 0 bridgehead atoms. The summed E-state index contributed by atoms with van der Waals surface area (Å²) in [6.07, 6.45) is 0. The molecule has 4 heteroatoms. The highest BCUT2D eigenvalue weighted by Gasteiger charge is 2.26. The fourth-order valence-electron chi connectivity index (χ4n) is 1.65. The van der Waals surface area contributed by atoms with Gasteiger partial charge < -0.3 is 15.2 Å². The number of aryl methyl sites for hydroxylation is 1. The van der Waals surface area contributed by atoms with Crippen molar-refractivity contribution < 1.29 is 14.6 Å². The van der Waals surface area contributed by atoms with Crippen LogP contribution in [0.2, 0.25) is 0 Å². The molecular formula is C14H21NO3. The lowest BCUT2D eigenvalue weighted by molar-refractivity contribution is -0.146. The third-order valence-corrected chi connectivity index (χ3v) is 2.93. The quantitative estimate of drug-likeness (QED) is 0.813. The second-order valence-electron chi connectivity index (χ2n) is 5.10. The fourth-order valence-corrected chi connectivity index (χ4v) is 1.65. The standard InChI is InChI=1S/C14H21NO3/c1-10-7-11(5-6-12(10)18-4)8-15-9-14(2,3)13(16)17/h5-7,15H,8-9H2,1-4H3,(H,16,17). The number of methoxy groups -OCH3 is 1. The zero-order valence-corrected chi connectivity index (χ0v) is 11.4. The first-order valence-electron chi connectivity index (χ1n) is 5.94. The maximum absolute atomic E-state index is 10.9. The first-order valence-corrected chi connectivity index (χ1v) is 5.94. The summed E-state index contributed by atoms with van der Waals surface area (Å²) in [4.78, 5) is 10.9. The summed E-state index contributed by atoms with van der Waals surface area (Å²) in [5.74, 6) is 0.0746. The Morgan fingerprint density at radius 2 is 2.11 bits per heavy atom. The minimum Gasteiger partial charge on any atom is -0.496 e. The molecule has 4 nitrogen and oxygen atoms in total. The Morgan fingerprint density at radius 1 is 1.44 bits per heavy atom. The lowest BCUT2D eigenvalue weighted by atomic mass is 9.94. The highest BCUT2D eigenvalue weighted by atomic mass is 16.5. The highest BCUT2D eigenvalue weighted by molar-refractivity contribution is 5.73. The van der Waals surface area contributed by atoms with Crippen molar-refractivity contribution in [3.63, 3.8) is 0 Å². The third-order valence-electron chi connectivity index (χ3n) is 2.93. The summed E-state index contributed by atoms with van der Waals surface area (Å²) >= 11 is 0. The summed E-state index contributed by atoms with van der Waals surface area (Å²) in [5, 5.41) is 12.2. The Hall–Kier alpha value is -1.55. The van der Waals surface area contributed by atoms with Crippen molar-refractivity contribution in [1.29, 1.82) is 0 Å². The number of carboxylic acids is 1. The smallest absolute Gasteiger partial charge is 0.310 e. The van der Waals surface area contributed by atoms with Gasteiger partial charge in [-0.2, -0.15) is 0 Å². The zero-order valence-electron chi connectivity index (χ0n) is 11.4.